The van der Waals surface area contributed by atoms with Crippen molar-refractivity contribution < 1.29 is 4.52 Å². The van der Waals surface area contributed by atoms with Gasteiger partial charge in [0.1, 0.15) is 0 Å². The molecule has 1 atom stereocenters. The van der Waals surface area contributed by atoms with Crippen LogP contribution in [0.3, 0.4) is 0 Å². The van der Waals surface area contributed by atoms with Crippen molar-refractivity contribution in [3.63, 3.8) is 0 Å². The van der Waals surface area contributed by atoms with Gasteiger partial charge in [0.2, 0.25) is 0 Å². The van der Waals surface area contributed by atoms with E-state index in [1.165, 1.54) is 0 Å². The van der Waals surface area contributed by atoms with Crippen LogP contribution in [0.15, 0.2) is 9.32 Å². The number of hydrogen-bond donors (Lipinski definition) is 2. The lowest BCUT2D eigenvalue weighted by Crippen LogP contribution is -2.29. The van der Waals surface area contributed by atoms with Gasteiger partial charge in [0.05, 0.1) is 11.6 Å². The Bertz CT molecular complexity index is 312. The van der Waals surface area contributed by atoms with Crippen molar-refractivity contribution in [2.24, 2.45) is 0 Å². The standard InChI is InChI=1S/C7H10N2O2/c1-4-6-5(2-3-8-4)7(10)9-11-6/h4,8H,2-3H2,1H3,(H,9,10). The van der Waals surface area contributed by atoms with Gasteiger partial charge in [-0.2, -0.15) is 5.16 Å². The highest BCUT2D eigenvalue weighted by Gasteiger charge is 2.22. The summed E-state index contributed by atoms with van der Waals surface area (Å²) in [6.45, 7) is 2.84. The molecule has 0 aromatic carbocycles. The van der Waals surface area contributed by atoms with Crippen LogP contribution in [0.4, 0.5) is 0 Å². The smallest absolute Gasteiger partial charge is 0.283 e. The summed E-state index contributed by atoms with van der Waals surface area (Å²) in [4.78, 5) is 11.0. The van der Waals surface area contributed by atoms with E-state index in [4.69, 9.17) is 4.52 Å². The van der Waals surface area contributed by atoms with E-state index in [9.17, 15) is 4.79 Å². The molecule has 2 N–H and O–H groups in total. The maximum atomic E-state index is 11.0. The molecule has 0 fully saturated rings. The second-order valence-corrected chi connectivity index (χ2v) is 2.80. The Labute approximate surface area is 63.6 Å². The van der Waals surface area contributed by atoms with Gasteiger partial charge in [0, 0.05) is 6.54 Å². The fraction of sp³-hybridized carbons (Fsp3) is 0.571. The van der Waals surface area contributed by atoms with Gasteiger partial charge >= 0.3 is 0 Å². The van der Waals surface area contributed by atoms with E-state index in [2.05, 4.69) is 10.5 Å². The normalized spacial score (nSPS) is 23.2. The van der Waals surface area contributed by atoms with Crippen LogP contribution in [0, 0.1) is 0 Å². The first kappa shape index (κ1) is 6.67. The van der Waals surface area contributed by atoms with Gasteiger partial charge in [-0.1, -0.05) is 0 Å². The summed E-state index contributed by atoms with van der Waals surface area (Å²) in [6.07, 6.45) is 0.769. The molecular formula is C7H10N2O2. The lowest BCUT2D eigenvalue weighted by atomic mass is 10.1. The predicted octanol–water partition coefficient (Wildman–Crippen LogP) is 0.175. The van der Waals surface area contributed by atoms with Crippen LogP contribution in [0.2, 0.25) is 0 Å². The lowest BCUT2D eigenvalue weighted by molar-refractivity contribution is 0.334. The summed E-state index contributed by atoms with van der Waals surface area (Å²) in [6, 6.07) is 0.165. The molecular weight excluding hydrogens is 144 g/mol. The maximum absolute atomic E-state index is 11.0. The Morgan fingerprint density at radius 3 is 3.18 bits per heavy atom. The third-order valence-corrected chi connectivity index (χ3v) is 2.04. The van der Waals surface area contributed by atoms with E-state index < -0.39 is 0 Å². The Morgan fingerprint density at radius 2 is 2.45 bits per heavy atom. The van der Waals surface area contributed by atoms with E-state index >= 15 is 0 Å². The molecule has 1 aliphatic rings. The Balaban J connectivity index is 2.55. The van der Waals surface area contributed by atoms with Crippen molar-refractivity contribution >= 4 is 0 Å². The molecule has 1 aromatic rings. The first-order valence-corrected chi connectivity index (χ1v) is 3.72. The molecule has 4 heteroatoms. The van der Waals surface area contributed by atoms with E-state index in [1.807, 2.05) is 6.92 Å². The van der Waals surface area contributed by atoms with Crippen molar-refractivity contribution in [3.8, 4) is 0 Å². The summed E-state index contributed by atoms with van der Waals surface area (Å²) in [5.41, 5.74) is 0.726. The molecule has 1 aliphatic heterocycles. The molecule has 60 valence electrons. The zero-order chi connectivity index (χ0) is 7.84. The largest absolute Gasteiger partial charge is 0.382 e. The number of aromatic nitrogens is 1. The number of aromatic amines is 1. The Hall–Kier alpha value is -1.03. The molecule has 0 bridgehead atoms. The molecule has 0 aliphatic carbocycles. The molecule has 4 nitrogen and oxygen atoms in total. The molecule has 2 rings (SSSR count). The highest BCUT2D eigenvalue weighted by Crippen LogP contribution is 2.18. The summed E-state index contributed by atoms with van der Waals surface area (Å²) < 4.78 is 5.00. The minimum atomic E-state index is -0.0756. The quantitative estimate of drug-likeness (QED) is 0.560. The number of hydrogen-bond acceptors (Lipinski definition) is 3. The molecule has 1 unspecified atom stereocenters. The van der Waals surface area contributed by atoms with Gasteiger partial charge < -0.3 is 9.84 Å². The molecule has 0 saturated heterocycles. The SMILES string of the molecule is CC1NCCc2c1o[nH]c2=O. The summed E-state index contributed by atoms with van der Waals surface area (Å²) >= 11 is 0. The van der Waals surface area contributed by atoms with Crippen molar-refractivity contribution in [1.82, 2.24) is 10.5 Å². The number of rotatable bonds is 0. The fourth-order valence-corrected chi connectivity index (χ4v) is 1.43. The maximum Gasteiger partial charge on any atom is 0.283 e. The second kappa shape index (κ2) is 2.23. The average molecular weight is 154 g/mol. The third kappa shape index (κ3) is 0.903. The van der Waals surface area contributed by atoms with Gasteiger partial charge in [-0.15, -0.1) is 0 Å². The van der Waals surface area contributed by atoms with E-state index in [0.29, 0.717) is 0 Å². The summed E-state index contributed by atoms with van der Waals surface area (Å²) in [7, 11) is 0. The van der Waals surface area contributed by atoms with Crippen LogP contribution in [0.5, 0.6) is 0 Å². The number of nitrogens with one attached hydrogen (secondary N) is 2. The van der Waals surface area contributed by atoms with E-state index in [-0.39, 0.29) is 11.6 Å². The van der Waals surface area contributed by atoms with Crippen molar-refractivity contribution in [1.29, 1.82) is 0 Å². The average Bonchev–Trinajstić information content (AvgIpc) is 2.35. The lowest BCUT2D eigenvalue weighted by Gasteiger charge is -2.16. The summed E-state index contributed by atoms with van der Waals surface area (Å²) in [5.74, 6) is 0.765. The number of H-pyrrole nitrogens is 1. The molecule has 2 heterocycles. The van der Waals surface area contributed by atoms with Crippen molar-refractivity contribution in [2.75, 3.05) is 6.54 Å². The van der Waals surface area contributed by atoms with Crippen LogP contribution in [0.1, 0.15) is 24.3 Å². The van der Waals surface area contributed by atoms with Crippen LogP contribution in [-0.4, -0.2) is 11.7 Å². The topological polar surface area (TPSA) is 58.0 Å². The van der Waals surface area contributed by atoms with E-state index in [0.717, 1.165) is 24.3 Å². The van der Waals surface area contributed by atoms with Crippen LogP contribution < -0.4 is 10.9 Å². The third-order valence-electron chi connectivity index (χ3n) is 2.04. The second-order valence-electron chi connectivity index (χ2n) is 2.80. The first-order valence-electron chi connectivity index (χ1n) is 3.72. The number of fused-ring (bicyclic) bond motifs is 1. The predicted molar refractivity (Wildman–Crippen MR) is 39.5 cm³/mol. The zero-order valence-corrected chi connectivity index (χ0v) is 6.31. The zero-order valence-electron chi connectivity index (χ0n) is 6.31. The summed E-state index contributed by atoms with van der Waals surface area (Å²) in [5, 5.41) is 5.54. The van der Waals surface area contributed by atoms with Gasteiger partial charge in [-0.25, -0.2) is 0 Å². The van der Waals surface area contributed by atoms with Crippen LogP contribution in [0.25, 0.3) is 0 Å². The van der Waals surface area contributed by atoms with Gasteiger partial charge in [0.25, 0.3) is 5.56 Å². The highest BCUT2D eigenvalue weighted by atomic mass is 16.5. The van der Waals surface area contributed by atoms with Crippen molar-refractivity contribution in [2.45, 2.75) is 19.4 Å². The Morgan fingerprint density at radius 1 is 1.64 bits per heavy atom. The molecule has 0 amide bonds. The molecule has 0 spiro atoms. The van der Waals surface area contributed by atoms with Crippen LogP contribution >= 0.6 is 0 Å². The molecule has 0 radical (unpaired) electrons. The van der Waals surface area contributed by atoms with Crippen LogP contribution in [-0.2, 0) is 6.42 Å². The van der Waals surface area contributed by atoms with Gasteiger partial charge in [-0.05, 0) is 13.3 Å². The molecule has 0 saturated carbocycles. The molecule has 11 heavy (non-hydrogen) atoms. The fourth-order valence-electron chi connectivity index (χ4n) is 1.43. The monoisotopic (exact) mass is 154 g/mol. The first-order chi connectivity index (χ1) is 5.29. The Kier molecular flexibility index (Phi) is 1.35. The van der Waals surface area contributed by atoms with Gasteiger partial charge in [-0.3, -0.25) is 4.79 Å². The minimum Gasteiger partial charge on any atom is -0.382 e. The molecule has 1 aromatic heterocycles. The highest BCUT2D eigenvalue weighted by molar-refractivity contribution is 5.19. The van der Waals surface area contributed by atoms with Gasteiger partial charge in [0.15, 0.2) is 5.76 Å². The minimum absolute atomic E-state index is 0.0756. The van der Waals surface area contributed by atoms with E-state index in [1.54, 1.807) is 0 Å². The van der Waals surface area contributed by atoms with Crippen molar-refractivity contribution in [3.05, 3.63) is 21.7 Å².